The smallest absolute Gasteiger partial charge is 0.278 e. The molecule has 0 spiro atoms. The van der Waals surface area contributed by atoms with Crippen LogP contribution >= 0.6 is 11.3 Å². The van der Waals surface area contributed by atoms with Crippen molar-refractivity contribution >= 4 is 44.7 Å². The van der Waals surface area contributed by atoms with Crippen molar-refractivity contribution in [3.05, 3.63) is 75.7 Å². The van der Waals surface area contributed by atoms with Gasteiger partial charge in [-0.2, -0.15) is 0 Å². The standard InChI is InChI=1S/C28H27FN6O4S/c1-15-8-20(25(36)33-12-17-9-16-11-31-23(30)10-22(16)40-17)35-24(15)32-13-19(26(35)37)34-27(38)28(6-7-28)14-39-21-5-3-2-4-18(21)29/h2-5,9-11,13,15,20H,6-8,12,14H2,1H3,(H2,30,31)(H,33,36)(H,34,38)/t15-,20+/m1/s1. The number of anilines is 2. The highest BCUT2D eigenvalue weighted by Gasteiger charge is 2.51. The summed E-state index contributed by atoms with van der Waals surface area (Å²) in [5.41, 5.74) is 4.42. The van der Waals surface area contributed by atoms with E-state index < -0.39 is 28.7 Å². The Morgan fingerprint density at radius 1 is 1.23 bits per heavy atom. The zero-order valence-corrected chi connectivity index (χ0v) is 22.5. The summed E-state index contributed by atoms with van der Waals surface area (Å²) in [6.45, 7) is 2.19. The fourth-order valence-electron chi connectivity index (χ4n) is 5.01. The molecule has 2 aliphatic rings. The van der Waals surface area contributed by atoms with Gasteiger partial charge in [0.2, 0.25) is 11.8 Å². The molecule has 1 aliphatic heterocycles. The number of nitrogens with one attached hydrogen (secondary N) is 2. The van der Waals surface area contributed by atoms with E-state index in [9.17, 15) is 18.8 Å². The van der Waals surface area contributed by atoms with E-state index in [1.54, 1.807) is 24.4 Å². The molecule has 2 atom stereocenters. The highest BCUT2D eigenvalue weighted by Crippen LogP contribution is 2.47. The first-order valence-electron chi connectivity index (χ1n) is 13.0. The zero-order valence-electron chi connectivity index (χ0n) is 21.6. The molecule has 3 aromatic heterocycles. The average molecular weight is 563 g/mol. The first-order chi connectivity index (χ1) is 19.2. The van der Waals surface area contributed by atoms with Gasteiger partial charge in [-0.15, -0.1) is 11.3 Å². The first kappa shape index (κ1) is 25.9. The van der Waals surface area contributed by atoms with E-state index in [1.807, 2.05) is 13.0 Å². The van der Waals surface area contributed by atoms with Crippen LogP contribution in [-0.2, 0) is 16.1 Å². The minimum absolute atomic E-state index is 0.00703. The number of hydrogen-bond acceptors (Lipinski definition) is 8. The number of ether oxygens (including phenoxy) is 1. The Hall–Kier alpha value is -4.32. The number of carbonyl (C=O) groups excluding carboxylic acids is 2. The van der Waals surface area contributed by atoms with Crippen LogP contribution in [0.15, 0.2) is 53.6 Å². The first-order valence-corrected chi connectivity index (χ1v) is 13.8. The highest BCUT2D eigenvalue weighted by atomic mass is 32.1. The van der Waals surface area contributed by atoms with Gasteiger partial charge in [0, 0.05) is 27.1 Å². The number of aromatic nitrogens is 3. The summed E-state index contributed by atoms with van der Waals surface area (Å²) in [7, 11) is 0. The van der Waals surface area contributed by atoms with Gasteiger partial charge in [0.25, 0.3) is 5.56 Å². The van der Waals surface area contributed by atoms with E-state index in [0.717, 1.165) is 15.0 Å². The third kappa shape index (κ3) is 4.79. The number of rotatable bonds is 8. The molecule has 1 aliphatic carbocycles. The number of nitrogens with two attached hydrogens (primary N) is 1. The van der Waals surface area contributed by atoms with Crippen molar-refractivity contribution in [3.63, 3.8) is 0 Å². The van der Waals surface area contributed by atoms with Crippen LogP contribution < -0.4 is 26.7 Å². The number of fused-ring (bicyclic) bond motifs is 2. The predicted molar refractivity (Wildman–Crippen MR) is 149 cm³/mol. The van der Waals surface area contributed by atoms with E-state index in [1.165, 1.54) is 34.2 Å². The lowest BCUT2D eigenvalue weighted by atomic mass is 10.1. The number of amides is 2. The summed E-state index contributed by atoms with van der Waals surface area (Å²) in [6, 6.07) is 8.98. The monoisotopic (exact) mass is 562 g/mol. The maximum Gasteiger partial charge on any atom is 0.278 e. The molecular formula is C28H27FN6O4S. The fraction of sp³-hybridized carbons (Fsp3) is 0.321. The third-order valence-corrected chi connectivity index (χ3v) is 8.59. The minimum atomic E-state index is -0.854. The fourth-order valence-corrected chi connectivity index (χ4v) is 6.03. The molecule has 4 N–H and O–H groups in total. The van der Waals surface area contributed by atoms with E-state index in [2.05, 4.69) is 20.6 Å². The molecule has 10 nitrogen and oxygen atoms in total. The topological polar surface area (TPSA) is 141 Å². The molecule has 4 heterocycles. The molecule has 1 aromatic carbocycles. The van der Waals surface area contributed by atoms with E-state index in [4.69, 9.17) is 10.5 Å². The summed E-state index contributed by atoms with van der Waals surface area (Å²) in [5, 5.41) is 6.57. The quantitative estimate of drug-likeness (QED) is 0.297. The molecule has 12 heteroatoms. The van der Waals surface area contributed by atoms with Crippen LogP contribution in [0.3, 0.4) is 0 Å². The predicted octanol–water partition coefficient (Wildman–Crippen LogP) is 3.74. The molecule has 0 bridgehead atoms. The van der Waals surface area contributed by atoms with Crippen molar-refractivity contribution in [2.75, 3.05) is 17.7 Å². The second-order valence-electron chi connectivity index (χ2n) is 10.4. The lowest BCUT2D eigenvalue weighted by Gasteiger charge is -2.18. The number of halogens is 1. The highest BCUT2D eigenvalue weighted by molar-refractivity contribution is 7.19. The molecule has 0 unspecified atom stereocenters. The van der Waals surface area contributed by atoms with Gasteiger partial charge < -0.3 is 21.1 Å². The van der Waals surface area contributed by atoms with E-state index in [0.29, 0.717) is 37.4 Å². The Kier molecular flexibility index (Phi) is 6.49. The summed E-state index contributed by atoms with van der Waals surface area (Å²) >= 11 is 1.51. The molecule has 0 saturated heterocycles. The average Bonchev–Trinajstić information content (AvgIpc) is 3.51. The Labute approximate surface area is 232 Å². The van der Waals surface area contributed by atoms with Crippen molar-refractivity contribution in [2.24, 2.45) is 5.41 Å². The van der Waals surface area contributed by atoms with Crippen LogP contribution in [0, 0.1) is 11.2 Å². The second-order valence-corrected chi connectivity index (χ2v) is 11.6. The summed E-state index contributed by atoms with van der Waals surface area (Å²) in [4.78, 5) is 49.3. The molecule has 206 valence electrons. The molecule has 1 saturated carbocycles. The molecular weight excluding hydrogens is 535 g/mol. The van der Waals surface area contributed by atoms with Gasteiger partial charge in [0.05, 0.1) is 18.2 Å². The number of para-hydroxylation sites is 1. The minimum Gasteiger partial charge on any atom is -0.489 e. The SMILES string of the molecule is C[C@@H]1C[C@@H](C(=O)NCc2cc3cnc(N)cc3s2)n2c1ncc(NC(=O)C1(COc3ccccc3F)CC1)c2=O. The summed E-state index contributed by atoms with van der Waals surface area (Å²) in [6.07, 6.45) is 4.55. The van der Waals surface area contributed by atoms with Crippen LogP contribution in [0.4, 0.5) is 15.9 Å². The molecule has 4 aromatic rings. The Balaban J connectivity index is 1.16. The lowest BCUT2D eigenvalue weighted by molar-refractivity contribution is -0.124. The maximum atomic E-state index is 13.9. The summed E-state index contributed by atoms with van der Waals surface area (Å²) < 4.78 is 21.9. The van der Waals surface area contributed by atoms with Crippen LogP contribution in [0.5, 0.6) is 5.75 Å². The van der Waals surface area contributed by atoms with Crippen LogP contribution in [0.2, 0.25) is 0 Å². The van der Waals surface area contributed by atoms with Crippen molar-refractivity contribution < 1.29 is 18.7 Å². The van der Waals surface area contributed by atoms with Crippen LogP contribution in [-0.4, -0.2) is 33.0 Å². The van der Waals surface area contributed by atoms with Gasteiger partial charge in [0.1, 0.15) is 30.0 Å². The van der Waals surface area contributed by atoms with E-state index >= 15 is 0 Å². The van der Waals surface area contributed by atoms with Crippen molar-refractivity contribution in [3.8, 4) is 5.75 Å². The number of hydrogen-bond donors (Lipinski definition) is 3. The maximum absolute atomic E-state index is 13.9. The van der Waals surface area contributed by atoms with Gasteiger partial charge in [-0.1, -0.05) is 19.1 Å². The molecule has 1 fully saturated rings. The Bertz CT molecular complexity index is 1700. The second kappa shape index (κ2) is 10.0. The zero-order chi connectivity index (χ0) is 28.0. The number of thiophene rings is 1. The largest absolute Gasteiger partial charge is 0.489 e. The van der Waals surface area contributed by atoms with Gasteiger partial charge in [0.15, 0.2) is 11.6 Å². The molecule has 40 heavy (non-hydrogen) atoms. The number of pyridine rings is 1. The van der Waals surface area contributed by atoms with Crippen LogP contribution in [0.1, 0.15) is 48.8 Å². The number of carbonyl (C=O) groups is 2. The number of benzene rings is 1. The lowest BCUT2D eigenvalue weighted by Crippen LogP contribution is -2.38. The van der Waals surface area contributed by atoms with Gasteiger partial charge in [-0.05, 0) is 43.5 Å². The number of nitrogen functional groups attached to an aromatic ring is 1. The van der Waals surface area contributed by atoms with Crippen molar-refractivity contribution in [1.29, 1.82) is 0 Å². The van der Waals surface area contributed by atoms with Gasteiger partial charge >= 0.3 is 0 Å². The molecule has 0 radical (unpaired) electrons. The third-order valence-electron chi connectivity index (χ3n) is 7.49. The molecule has 6 rings (SSSR count). The Morgan fingerprint density at radius 2 is 2.02 bits per heavy atom. The molecule has 2 amide bonds. The summed E-state index contributed by atoms with van der Waals surface area (Å²) in [5.74, 6) is -0.319. The van der Waals surface area contributed by atoms with Crippen LogP contribution in [0.25, 0.3) is 10.1 Å². The Morgan fingerprint density at radius 3 is 2.80 bits per heavy atom. The van der Waals surface area contributed by atoms with Gasteiger partial charge in [-0.3, -0.25) is 19.0 Å². The normalized spacial score (nSPS) is 18.8. The van der Waals surface area contributed by atoms with Crippen molar-refractivity contribution in [2.45, 2.75) is 44.7 Å². The number of nitrogens with zero attached hydrogens (tertiary/aromatic N) is 3. The van der Waals surface area contributed by atoms with Crippen molar-refractivity contribution in [1.82, 2.24) is 19.9 Å². The van der Waals surface area contributed by atoms with E-state index in [-0.39, 0.29) is 29.9 Å². The van der Waals surface area contributed by atoms with Gasteiger partial charge in [-0.25, -0.2) is 14.4 Å².